The van der Waals surface area contributed by atoms with Crippen LogP contribution < -0.4 is 38.2 Å². The molecule has 56 heavy (non-hydrogen) atoms. The fourth-order valence-corrected chi connectivity index (χ4v) is 5.52. The molecule has 0 aliphatic carbocycles. The van der Waals surface area contributed by atoms with Gasteiger partial charge in [-0.2, -0.15) is 0 Å². The number of hydrogen-bond donors (Lipinski definition) is 6. The molecule has 0 fully saturated rings. The Morgan fingerprint density at radius 3 is 1.39 bits per heavy atom. The molecule has 21 nitrogen and oxygen atoms in total. The number of amides is 3. The number of carbonyl (C=O) groups excluding carboxylic acids is 3. The first kappa shape index (κ1) is 51.5. The van der Waals surface area contributed by atoms with Crippen LogP contribution in [0.4, 0.5) is 0 Å². The molecule has 2 unspecified atom stereocenters. The molecule has 0 saturated carbocycles. The van der Waals surface area contributed by atoms with Crippen LogP contribution in [0.5, 0.6) is 5.75 Å². The smallest absolute Gasteiger partial charge is 0.300 e. The van der Waals surface area contributed by atoms with Crippen molar-refractivity contribution in [2.24, 2.45) is 17.7 Å². The Morgan fingerprint density at radius 1 is 0.625 bits per heavy atom. The molecule has 9 N–H and O–H groups in total. The largest absolute Gasteiger partial charge is 0.436 e. The molecule has 0 aromatic heterocycles. The lowest BCUT2D eigenvalue weighted by Crippen LogP contribution is -2.54. The van der Waals surface area contributed by atoms with E-state index in [0.717, 1.165) is 11.4 Å². The third kappa shape index (κ3) is 28.0. The van der Waals surface area contributed by atoms with Crippen molar-refractivity contribution in [3.63, 3.8) is 0 Å². The van der Waals surface area contributed by atoms with Gasteiger partial charge in [0.15, 0.2) is 0 Å². The molecule has 0 bridgehead atoms. The molecule has 23 heteroatoms. The summed E-state index contributed by atoms with van der Waals surface area (Å²) in [4.78, 5) is 55.1. The van der Waals surface area contributed by atoms with Crippen LogP contribution in [0.15, 0.2) is 24.3 Å². The molecular formula is C33H62N7O14PS. The summed E-state index contributed by atoms with van der Waals surface area (Å²) < 4.78 is 50.6. The number of hydrogen-bond acceptors (Lipinski definition) is 19. The van der Waals surface area contributed by atoms with Gasteiger partial charge in [0, 0.05) is 26.3 Å². The van der Waals surface area contributed by atoms with Crippen LogP contribution in [0.3, 0.4) is 0 Å². The third-order valence-electron chi connectivity index (χ3n) is 7.23. The number of benzene rings is 1. The van der Waals surface area contributed by atoms with Gasteiger partial charge in [-0.05, 0) is 30.4 Å². The fourth-order valence-electron chi connectivity index (χ4n) is 4.46. The highest BCUT2D eigenvalue weighted by Crippen LogP contribution is 2.54. The summed E-state index contributed by atoms with van der Waals surface area (Å²) in [5, 5.41) is 8.41. The van der Waals surface area contributed by atoms with Crippen LogP contribution in [0.25, 0.3) is 0 Å². The van der Waals surface area contributed by atoms with Crippen molar-refractivity contribution in [3.05, 3.63) is 29.8 Å². The predicted molar refractivity (Wildman–Crippen MR) is 208 cm³/mol. The monoisotopic (exact) mass is 843 g/mol. The Morgan fingerprint density at radius 2 is 1.00 bits per heavy atom. The molecule has 324 valence electrons. The highest BCUT2D eigenvalue weighted by Gasteiger charge is 2.30. The van der Waals surface area contributed by atoms with E-state index < -0.39 is 30.3 Å². The molecule has 0 saturated heterocycles. The molecule has 0 heterocycles. The number of nitrogens with two attached hydrogens (primary N) is 3. The van der Waals surface area contributed by atoms with E-state index in [-0.39, 0.29) is 85.4 Å². The van der Waals surface area contributed by atoms with Crippen molar-refractivity contribution in [3.8, 4) is 5.75 Å². The molecule has 1 aromatic rings. The minimum Gasteiger partial charge on any atom is -0.436 e. The predicted octanol–water partition coefficient (Wildman–Crippen LogP) is -1.42. The second kappa shape index (κ2) is 34.5. The van der Waals surface area contributed by atoms with Crippen molar-refractivity contribution in [1.82, 2.24) is 20.9 Å². The van der Waals surface area contributed by atoms with E-state index in [4.69, 9.17) is 50.6 Å². The summed E-state index contributed by atoms with van der Waals surface area (Å²) in [6.07, 6.45) is 1.82. The maximum atomic E-state index is 13.8. The zero-order valence-electron chi connectivity index (χ0n) is 32.5. The lowest BCUT2D eigenvalue weighted by molar-refractivity contribution is -0.131. The van der Waals surface area contributed by atoms with Crippen molar-refractivity contribution in [2.75, 3.05) is 145 Å². The fraction of sp³-hybridized carbons (Fsp3) is 0.727. The number of nitrogens with one attached hydrogen (secondary N) is 3. The Balaban J connectivity index is 3.02. The van der Waals surface area contributed by atoms with Gasteiger partial charge in [0.25, 0.3) is 6.57 Å². The molecule has 0 aliphatic heterocycles. The summed E-state index contributed by atoms with van der Waals surface area (Å²) in [7, 11) is 0. The summed E-state index contributed by atoms with van der Waals surface area (Å²) in [5.41, 5.74) is 0.704. The van der Waals surface area contributed by atoms with Gasteiger partial charge in [-0.15, -0.1) is 0 Å². The van der Waals surface area contributed by atoms with Crippen LogP contribution in [0.2, 0.25) is 0 Å². The lowest BCUT2D eigenvalue weighted by atomic mass is 10.0. The first-order valence-electron chi connectivity index (χ1n) is 18.0. The van der Waals surface area contributed by atoms with Crippen molar-refractivity contribution in [1.29, 1.82) is 0 Å². The number of ether oxygens (including phenoxy) is 6. The van der Waals surface area contributed by atoms with Gasteiger partial charge < -0.3 is 63.4 Å². The minimum absolute atomic E-state index is 0.119. The van der Waals surface area contributed by atoms with Crippen LogP contribution in [-0.2, 0) is 68.3 Å². The highest BCUT2D eigenvalue weighted by molar-refractivity contribution is 8.56. The number of carbonyl (C=O) groups is 3. The molecule has 2 atom stereocenters. The molecule has 0 spiro atoms. The van der Waals surface area contributed by atoms with Crippen LogP contribution >= 0.6 is 18.0 Å². The molecule has 0 radical (unpaired) electrons. The summed E-state index contributed by atoms with van der Waals surface area (Å²) >= 11 is 1.13. The summed E-state index contributed by atoms with van der Waals surface area (Å²) in [6.45, 7) is 2.75. The molecule has 1 aromatic carbocycles. The summed E-state index contributed by atoms with van der Waals surface area (Å²) in [6, 6.07) is 5.81. The second-order valence-electron chi connectivity index (χ2n) is 11.6. The van der Waals surface area contributed by atoms with E-state index in [1.807, 2.05) is 0 Å². The van der Waals surface area contributed by atoms with Gasteiger partial charge in [-0.1, -0.05) is 23.5 Å². The van der Waals surface area contributed by atoms with E-state index >= 15 is 0 Å². The van der Waals surface area contributed by atoms with Gasteiger partial charge in [0.1, 0.15) is 5.75 Å². The van der Waals surface area contributed by atoms with E-state index in [2.05, 4.69) is 30.5 Å². The summed E-state index contributed by atoms with van der Waals surface area (Å²) in [5.74, 6) is 14.0. The van der Waals surface area contributed by atoms with E-state index in [9.17, 15) is 18.9 Å². The SMILES string of the molecule is CSP(C)(=O)Oc1ccc(CC(C(=O)NCCOCCOCCON)N(CC(=O)NCCOCCOCCON)CC(=O)NCCOCCOCCON)cc1. The van der Waals surface area contributed by atoms with E-state index in [1.54, 1.807) is 30.5 Å². The van der Waals surface area contributed by atoms with Gasteiger partial charge >= 0.3 is 0 Å². The van der Waals surface area contributed by atoms with Crippen LogP contribution in [0, 0.1) is 0 Å². The third-order valence-corrected chi connectivity index (χ3v) is 10.6. The maximum Gasteiger partial charge on any atom is 0.300 e. The quantitative estimate of drug-likeness (QED) is 0.0253. The molecule has 3 amide bonds. The first-order valence-corrected chi connectivity index (χ1v) is 21.9. The van der Waals surface area contributed by atoms with Crippen LogP contribution in [-0.4, -0.2) is 173 Å². The van der Waals surface area contributed by atoms with E-state index in [1.165, 1.54) is 11.6 Å². The number of nitrogens with zero attached hydrogens (tertiary/aromatic N) is 1. The minimum atomic E-state index is -2.90. The van der Waals surface area contributed by atoms with Crippen molar-refractivity contribution >= 4 is 35.7 Å². The average molecular weight is 844 g/mol. The molecule has 1 rings (SSSR count). The van der Waals surface area contributed by atoms with Crippen LogP contribution in [0.1, 0.15) is 5.56 Å². The average Bonchev–Trinajstić information content (AvgIpc) is 3.18. The lowest BCUT2D eigenvalue weighted by Gasteiger charge is -2.30. The first-order chi connectivity index (χ1) is 27.1. The zero-order chi connectivity index (χ0) is 41.1. The Hall–Kier alpha value is -2.51. The molecule has 0 aliphatic rings. The van der Waals surface area contributed by atoms with Gasteiger partial charge in [-0.3, -0.25) is 23.8 Å². The molecular weight excluding hydrogens is 781 g/mol. The van der Waals surface area contributed by atoms with Gasteiger partial charge in [0.05, 0.1) is 118 Å². The topological polar surface area (TPSA) is 278 Å². The Kier molecular flexibility index (Phi) is 31.8. The second-order valence-corrected chi connectivity index (χ2v) is 16.8. The van der Waals surface area contributed by atoms with E-state index in [0.29, 0.717) is 64.2 Å². The van der Waals surface area contributed by atoms with Crippen molar-refractivity contribution < 1.29 is 66.4 Å². The zero-order valence-corrected chi connectivity index (χ0v) is 34.2. The van der Waals surface area contributed by atoms with Gasteiger partial charge in [0.2, 0.25) is 17.7 Å². The Labute approximate surface area is 332 Å². The van der Waals surface area contributed by atoms with Gasteiger partial charge in [-0.25, -0.2) is 17.7 Å². The highest BCUT2D eigenvalue weighted by atomic mass is 32.7. The number of rotatable bonds is 38. The Bertz CT molecular complexity index is 1180. The normalized spacial score (nSPS) is 13.0. The standard InChI is InChI=1S/C33H62N7O14PS/c1-55(44,56-2)54-29-5-3-28(4-6-29)25-30(33(43)39-9-12-47-15-18-50-21-24-53-36)40(26-31(41)37-7-10-45-13-16-48-19-22-51-34)27-32(42)38-8-11-46-14-17-49-20-23-52-35/h3-6,30H,7-27,34-36H2,1-2H3,(H,37,41)(H,38,42)(H,39,43). The van der Waals surface area contributed by atoms with Crippen molar-refractivity contribution in [2.45, 2.75) is 12.5 Å². The maximum absolute atomic E-state index is 13.8.